The van der Waals surface area contributed by atoms with Crippen LogP contribution in [-0.4, -0.2) is 6.61 Å². The second kappa shape index (κ2) is 5.93. The van der Waals surface area contributed by atoms with E-state index in [1.807, 2.05) is 37.3 Å². The van der Waals surface area contributed by atoms with E-state index in [-0.39, 0.29) is 6.04 Å². The highest BCUT2D eigenvalue weighted by molar-refractivity contribution is 7.20. The summed E-state index contributed by atoms with van der Waals surface area (Å²) in [5.41, 5.74) is 7.99. The van der Waals surface area contributed by atoms with Gasteiger partial charge in [-0.25, -0.2) is 0 Å². The smallest absolute Gasteiger partial charge is 0.124 e. The zero-order valence-electron chi connectivity index (χ0n) is 9.82. The van der Waals surface area contributed by atoms with E-state index in [2.05, 4.69) is 0 Å². The van der Waals surface area contributed by atoms with Crippen molar-refractivity contribution in [3.63, 3.8) is 0 Å². The minimum Gasteiger partial charge on any atom is -0.494 e. The van der Waals surface area contributed by atoms with Crippen molar-refractivity contribution in [1.82, 2.24) is 0 Å². The van der Waals surface area contributed by atoms with Crippen molar-refractivity contribution in [3.05, 3.63) is 50.1 Å². The lowest BCUT2D eigenvalue weighted by Gasteiger charge is -2.16. The molecule has 5 heteroatoms. The highest BCUT2D eigenvalue weighted by Gasteiger charge is 2.18. The number of rotatable bonds is 4. The lowest BCUT2D eigenvalue weighted by Crippen LogP contribution is -2.13. The largest absolute Gasteiger partial charge is 0.494 e. The van der Waals surface area contributed by atoms with Crippen LogP contribution in [0.4, 0.5) is 0 Å². The molecule has 0 fully saturated rings. The molecule has 0 aliphatic rings. The third-order valence-electron chi connectivity index (χ3n) is 2.57. The number of nitrogens with two attached hydrogens (primary N) is 1. The van der Waals surface area contributed by atoms with Crippen molar-refractivity contribution in [1.29, 1.82) is 0 Å². The summed E-state index contributed by atoms with van der Waals surface area (Å²) >= 11 is 13.4. The second-order valence-electron chi connectivity index (χ2n) is 3.73. The number of ether oxygens (including phenoxy) is 1. The van der Waals surface area contributed by atoms with Crippen LogP contribution in [0.2, 0.25) is 8.67 Å². The monoisotopic (exact) mass is 301 g/mol. The van der Waals surface area contributed by atoms with E-state index in [1.54, 1.807) is 0 Å². The molecule has 0 radical (unpaired) electrons. The fourth-order valence-electron chi connectivity index (χ4n) is 1.76. The van der Waals surface area contributed by atoms with E-state index in [0.717, 1.165) is 16.9 Å². The Morgan fingerprint density at radius 1 is 1.28 bits per heavy atom. The summed E-state index contributed by atoms with van der Waals surface area (Å²) in [6.07, 6.45) is 0. The Labute approximate surface area is 120 Å². The van der Waals surface area contributed by atoms with Gasteiger partial charge in [-0.3, -0.25) is 0 Å². The van der Waals surface area contributed by atoms with E-state index in [9.17, 15) is 0 Å². The lowest BCUT2D eigenvalue weighted by molar-refractivity contribution is 0.335. The molecule has 0 bridgehead atoms. The summed E-state index contributed by atoms with van der Waals surface area (Å²) in [4.78, 5) is 0. The van der Waals surface area contributed by atoms with Gasteiger partial charge in [0, 0.05) is 11.1 Å². The Hall–Kier alpha value is -0.740. The number of hydrogen-bond donors (Lipinski definition) is 1. The Kier molecular flexibility index (Phi) is 4.51. The minimum atomic E-state index is -0.330. The Morgan fingerprint density at radius 2 is 2.00 bits per heavy atom. The molecule has 18 heavy (non-hydrogen) atoms. The van der Waals surface area contributed by atoms with Gasteiger partial charge < -0.3 is 10.5 Å². The van der Waals surface area contributed by atoms with Crippen LogP contribution >= 0.6 is 34.5 Å². The first-order chi connectivity index (χ1) is 8.63. The maximum absolute atomic E-state index is 6.25. The molecule has 1 aromatic carbocycles. The first kappa shape index (κ1) is 13.7. The fourth-order valence-corrected chi connectivity index (χ4v) is 3.31. The van der Waals surface area contributed by atoms with E-state index >= 15 is 0 Å². The maximum atomic E-state index is 6.25. The average Bonchev–Trinajstić information content (AvgIpc) is 2.69. The molecule has 96 valence electrons. The van der Waals surface area contributed by atoms with Crippen LogP contribution in [0.3, 0.4) is 0 Å². The molecule has 0 aliphatic carbocycles. The molecule has 0 spiro atoms. The average molecular weight is 302 g/mol. The van der Waals surface area contributed by atoms with Gasteiger partial charge in [0.2, 0.25) is 0 Å². The van der Waals surface area contributed by atoms with Crippen molar-refractivity contribution >= 4 is 34.5 Å². The molecule has 0 aliphatic heterocycles. The van der Waals surface area contributed by atoms with Gasteiger partial charge in [-0.05, 0) is 19.1 Å². The standard InChI is InChI=1S/C13H13Cl2NOS/c1-2-17-10-6-4-3-5-8(10)12(16)9-7-11(14)18-13(9)15/h3-7,12H,2,16H2,1H3. The number of benzene rings is 1. The Bertz CT molecular complexity index is 542. The van der Waals surface area contributed by atoms with Crippen LogP contribution < -0.4 is 10.5 Å². The molecule has 1 aromatic heterocycles. The van der Waals surface area contributed by atoms with Gasteiger partial charge in [0.1, 0.15) is 5.75 Å². The number of thiophene rings is 1. The van der Waals surface area contributed by atoms with Crippen molar-refractivity contribution in [2.24, 2.45) is 5.73 Å². The van der Waals surface area contributed by atoms with Crippen molar-refractivity contribution in [3.8, 4) is 5.75 Å². The van der Waals surface area contributed by atoms with E-state index in [4.69, 9.17) is 33.7 Å². The molecule has 2 rings (SSSR count). The van der Waals surface area contributed by atoms with Crippen molar-refractivity contribution < 1.29 is 4.74 Å². The zero-order valence-corrected chi connectivity index (χ0v) is 12.1. The predicted octanol–water partition coefficient (Wildman–Crippen LogP) is 4.50. The third kappa shape index (κ3) is 2.81. The summed E-state index contributed by atoms with van der Waals surface area (Å²) in [5.74, 6) is 0.783. The molecule has 1 unspecified atom stereocenters. The number of para-hydroxylation sites is 1. The van der Waals surface area contributed by atoms with Gasteiger partial charge in [0.25, 0.3) is 0 Å². The highest BCUT2D eigenvalue weighted by atomic mass is 35.5. The fraction of sp³-hybridized carbons (Fsp3) is 0.231. The Balaban J connectivity index is 2.39. The summed E-state index contributed by atoms with van der Waals surface area (Å²) in [6.45, 7) is 2.54. The van der Waals surface area contributed by atoms with Gasteiger partial charge in [-0.2, -0.15) is 0 Å². The Morgan fingerprint density at radius 3 is 2.61 bits per heavy atom. The summed E-state index contributed by atoms with van der Waals surface area (Å²) < 4.78 is 6.84. The molecule has 0 saturated heterocycles. The lowest BCUT2D eigenvalue weighted by atomic mass is 10.0. The molecule has 0 amide bonds. The molecule has 2 N–H and O–H groups in total. The van der Waals surface area contributed by atoms with Gasteiger partial charge in [-0.15, -0.1) is 11.3 Å². The molecule has 1 atom stereocenters. The summed E-state index contributed by atoms with van der Waals surface area (Å²) in [7, 11) is 0. The number of halogens is 2. The summed E-state index contributed by atoms with van der Waals surface area (Å²) in [6, 6.07) is 9.17. The van der Waals surface area contributed by atoms with Crippen molar-refractivity contribution in [2.45, 2.75) is 13.0 Å². The molecular weight excluding hydrogens is 289 g/mol. The first-order valence-electron chi connectivity index (χ1n) is 5.55. The van der Waals surface area contributed by atoms with Crippen LogP contribution in [0.5, 0.6) is 5.75 Å². The predicted molar refractivity (Wildman–Crippen MR) is 78.0 cm³/mol. The second-order valence-corrected chi connectivity index (χ2v) is 6.01. The van der Waals surface area contributed by atoms with Crippen LogP contribution in [0.15, 0.2) is 30.3 Å². The third-order valence-corrected chi connectivity index (χ3v) is 4.09. The zero-order chi connectivity index (χ0) is 13.1. The molecular formula is C13H13Cl2NOS. The van der Waals surface area contributed by atoms with Crippen LogP contribution in [0.1, 0.15) is 24.1 Å². The quantitative estimate of drug-likeness (QED) is 0.902. The van der Waals surface area contributed by atoms with Gasteiger partial charge >= 0.3 is 0 Å². The highest BCUT2D eigenvalue weighted by Crippen LogP contribution is 2.38. The molecule has 2 aromatic rings. The normalized spacial score (nSPS) is 12.4. The van der Waals surface area contributed by atoms with Crippen LogP contribution in [0, 0.1) is 0 Å². The number of hydrogen-bond acceptors (Lipinski definition) is 3. The van der Waals surface area contributed by atoms with Crippen molar-refractivity contribution in [2.75, 3.05) is 6.61 Å². The van der Waals surface area contributed by atoms with Crippen LogP contribution in [0.25, 0.3) is 0 Å². The molecule has 0 saturated carbocycles. The minimum absolute atomic E-state index is 0.330. The van der Waals surface area contributed by atoms with Gasteiger partial charge in [0.05, 0.1) is 21.3 Å². The summed E-state index contributed by atoms with van der Waals surface area (Å²) in [5, 5.41) is 0. The van der Waals surface area contributed by atoms with Gasteiger partial charge in [0.15, 0.2) is 0 Å². The van der Waals surface area contributed by atoms with Gasteiger partial charge in [-0.1, -0.05) is 41.4 Å². The topological polar surface area (TPSA) is 35.2 Å². The SMILES string of the molecule is CCOc1ccccc1C(N)c1cc(Cl)sc1Cl. The molecule has 1 heterocycles. The van der Waals surface area contributed by atoms with Crippen LogP contribution in [-0.2, 0) is 0 Å². The van der Waals surface area contributed by atoms with E-state index in [0.29, 0.717) is 15.3 Å². The molecule has 2 nitrogen and oxygen atoms in total. The van der Waals surface area contributed by atoms with E-state index in [1.165, 1.54) is 11.3 Å². The first-order valence-corrected chi connectivity index (χ1v) is 7.12. The van der Waals surface area contributed by atoms with E-state index < -0.39 is 0 Å². The maximum Gasteiger partial charge on any atom is 0.124 e.